The molecule has 0 bridgehead atoms. The normalized spacial score (nSPS) is 14.2. The average molecular weight is 230 g/mol. The number of carbonyl (C=O) groups excluding carboxylic acids is 2. The third kappa shape index (κ3) is 4.18. The molecule has 1 atom stereocenters. The van der Waals surface area contributed by atoms with Crippen LogP contribution in [-0.4, -0.2) is 34.1 Å². The zero-order valence-corrected chi connectivity index (χ0v) is 10.8. The lowest BCUT2D eigenvalue weighted by atomic mass is 9.86. The Morgan fingerprint density at radius 1 is 1.19 bits per heavy atom. The third-order valence-electron chi connectivity index (χ3n) is 2.78. The minimum atomic E-state index is -1.04. The summed E-state index contributed by atoms with van der Waals surface area (Å²) in [6.45, 7) is 9.64. The second-order valence-corrected chi connectivity index (χ2v) is 5.10. The summed E-state index contributed by atoms with van der Waals surface area (Å²) in [4.78, 5) is 22.5. The molecule has 0 aliphatic carbocycles. The van der Waals surface area contributed by atoms with Crippen LogP contribution in [0.4, 0.5) is 0 Å². The van der Waals surface area contributed by atoms with Crippen molar-refractivity contribution in [1.82, 2.24) is 10.6 Å². The molecule has 5 heteroatoms. The first-order chi connectivity index (χ1) is 6.97. The number of hydrogen-bond donors (Lipinski definition) is 3. The molecular formula is C11H22N2O3. The number of aliphatic hydroxyl groups is 1. The monoisotopic (exact) mass is 230 g/mol. The molecule has 0 aromatic heterocycles. The van der Waals surface area contributed by atoms with Gasteiger partial charge in [-0.3, -0.25) is 9.59 Å². The van der Waals surface area contributed by atoms with Crippen LogP contribution in [0.5, 0.6) is 0 Å². The van der Waals surface area contributed by atoms with Gasteiger partial charge in [0.05, 0.1) is 11.1 Å². The zero-order valence-electron chi connectivity index (χ0n) is 10.8. The van der Waals surface area contributed by atoms with E-state index < -0.39 is 17.2 Å². The maximum Gasteiger partial charge on any atom is 0.242 e. The van der Waals surface area contributed by atoms with Gasteiger partial charge in [-0.25, -0.2) is 0 Å². The molecule has 16 heavy (non-hydrogen) atoms. The van der Waals surface area contributed by atoms with Gasteiger partial charge in [-0.2, -0.15) is 0 Å². The summed E-state index contributed by atoms with van der Waals surface area (Å²) in [5.41, 5.74) is -1.81. The Bertz CT molecular complexity index is 279. The zero-order chi connectivity index (χ0) is 13.1. The van der Waals surface area contributed by atoms with Crippen molar-refractivity contribution in [3.63, 3.8) is 0 Å². The first-order valence-corrected chi connectivity index (χ1v) is 5.29. The van der Waals surface area contributed by atoms with Crippen molar-refractivity contribution in [2.75, 3.05) is 0 Å². The van der Waals surface area contributed by atoms with Crippen molar-refractivity contribution in [1.29, 1.82) is 0 Å². The molecule has 0 radical (unpaired) electrons. The Morgan fingerprint density at radius 2 is 1.62 bits per heavy atom. The van der Waals surface area contributed by atoms with Crippen LogP contribution in [0.25, 0.3) is 0 Å². The number of amides is 2. The molecule has 0 heterocycles. The van der Waals surface area contributed by atoms with E-state index in [2.05, 4.69) is 10.6 Å². The molecule has 0 aromatic carbocycles. The van der Waals surface area contributed by atoms with E-state index in [1.54, 1.807) is 34.6 Å². The predicted octanol–water partition coefficient (Wildman–Crippen LogP) is 0.177. The van der Waals surface area contributed by atoms with Crippen molar-refractivity contribution in [2.45, 2.75) is 58.7 Å². The first-order valence-electron chi connectivity index (χ1n) is 5.29. The first kappa shape index (κ1) is 14.9. The van der Waals surface area contributed by atoms with E-state index in [1.807, 2.05) is 0 Å². The summed E-state index contributed by atoms with van der Waals surface area (Å²) in [6, 6.07) is -0.612. The Morgan fingerprint density at radius 3 is 1.94 bits per heavy atom. The van der Waals surface area contributed by atoms with Crippen LogP contribution in [0.15, 0.2) is 0 Å². The molecule has 0 fully saturated rings. The molecule has 0 rings (SSSR count). The van der Waals surface area contributed by atoms with E-state index in [0.717, 1.165) is 0 Å². The molecule has 0 aliphatic heterocycles. The molecule has 0 aromatic rings. The standard InChI is InChI=1S/C11H22N2O3/c1-7(12-8(2)14)9(15)13-10(3,4)11(5,6)16/h7,16H,1-6H3,(H,12,14)(H,13,15). The number of carbonyl (C=O) groups is 2. The fourth-order valence-corrected chi connectivity index (χ4v) is 0.940. The molecule has 2 amide bonds. The highest BCUT2D eigenvalue weighted by molar-refractivity contribution is 5.86. The summed E-state index contributed by atoms with van der Waals surface area (Å²) in [6.07, 6.45) is 0. The molecule has 3 N–H and O–H groups in total. The van der Waals surface area contributed by atoms with Gasteiger partial charge in [0.1, 0.15) is 6.04 Å². The van der Waals surface area contributed by atoms with Crippen molar-refractivity contribution >= 4 is 11.8 Å². The summed E-state index contributed by atoms with van der Waals surface area (Å²) in [5, 5.41) is 15.0. The van der Waals surface area contributed by atoms with Crippen molar-refractivity contribution in [3.8, 4) is 0 Å². The molecule has 0 saturated heterocycles. The van der Waals surface area contributed by atoms with Gasteiger partial charge >= 0.3 is 0 Å². The molecule has 94 valence electrons. The second-order valence-electron chi connectivity index (χ2n) is 5.10. The van der Waals surface area contributed by atoms with Crippen LogP contribution in [0.1, 0.15) is 41.5 Å². The topological polar surface area (TPSA) is 78.4 Å². The van der Waals surface area contributed by atoms with Gasteiger partial charge in [0.2, 0.25) is 11.8 Å². The van der Waals surface area contributed by atoms with Gasteiger partial charge < -0.3 is 15.7 Å². The number of nitrogens with one attached hydrogen (secondary N) is 2. The lowest BCUT2D eigenvalue weighted by molar-refractivity contribution is -0.131. The third-order valence-corrected chi connectivity index (χ3v) is 2.78. The highest BCUT2D eigenvalue weighted by Gasteiger charge is 2.37. The molecular weight excluding hydrogens is 208 g/mol. The van der Waals surface area contributed by atoms with E-state index in [1.165, 1.54) is 6.92 Å². The van der Waals surface area contributed by atoms with E-state index >= 15 is 0 Å². The van der Waals surface area contributed by atoms with E-state index in [9.17, 15) is 14.7 Å². The highest BCUT2D eigenvalue weighted by atomic mass is 16.3. The predicted molar refractivity (Wildman–Crippen MR) is 61.8 cm³/mol. The molecule has 0 aliphatic rings. The number of rotatable bonds is 4. The van der Waals surface area contributed by atoms with Crippen LogP contribution in [0.2, 0.25) is 0 Å². The molecule has 0 saturated carbocycles. The van der Waals surface area contributed by atoms with Crippen LogP contribution in [0, 0.1) is 0 Å². The average Bonchev–Trinajstić information content (AvgIpc) is 1.99. The quantitative estimate of drug-likeness (QED) is 0.644. The Labute approximate surface area is 96.6 Å². The van der Waals surface area contributed by atoms with Crippen LogP contribution >= 0.6 is 0 Å². The lowest BCUT2D eigenvalue weighted by Gasteiger charge is -2.38. The van der Waals surface area contributed by atoms with E-state index in [-0.39, 0.29) is 11.8 Å². The van der Waals surface area contributed by atoms with E-state index in [0.29, 0.717) is 0 Å². The SMILES string of the molecule is CC(=O)NC(C)C(=O)NC(C)(C)C(C)(C)O. The highest BCUT2D eigenvalue weighted by Crippen LogP contribution is 2.20. The number of hydrogen-bond acceptors (Lipinski definition) is 3. The Balaban J connectivity index is 4.51. The minimum absolute atomic E-state index is 0.260. The fourth-order valence-electron chi connectivity index (χ4n) is 0.940. The largest absolute Gasteiger partial charge is 0.388 e. The van der Waals surface area contributed by atoms with Gasteiger partial charge in [0, 0.05) is 6.92 Å². The molecule has 1 unspecified atom stereocenters. The van der Waals surface area contributed by atoms with Crippen LogP contribution < -0.4 is 10.6 Å². The van der Waals surface area contributed by atoms with Crippen LogP contribution in [-0.2, 0) is 9.59 Å². The smallest absolute Gasteiger partial charge is 0.242 e. The van der Waals surface area contributed by atoms with Crippen molar-refractivity contribution in [2.24, 2.45) is 0 Å². The summed E-state index contributed by atoms with van der Waals surface area (Å²) in [7, 11) is 0. The maximum absolute atomic E-state index is 11.7. The fraction of sp³-hybridized carbons (Fsp3) is 0.818. The second kappa shape index (κ2) is 4.82. The minimum Gasteiger partial charge on any atom is -0.388 e. The van der Waals surface area contributed by atoms with Gasteiger partial charge in [0.15, 0.2) is 0 Å². The van der Waals surface area contributed by atoms with Gasteiger partial charge in [-0.1, -0.05) is 0 Å². The van der Waals surface area contributed by atoms with Crippen molar-refractivity contribution in [3.05, 3.63) is 0 Å². The molecule has 0 spiro atoms. The lowest BCUT2D eigenvalue weighted by Crippen LogP contribution is -2.60. The van der Waals surface area contributed by atoms with Crippen LogP contribution in [0.3, 0.4) is 0 Å². The maximum atomic E-state index is 11.7. The van der Waals surface area contributed by atoms with Gasteiger partial charge in [0.25, 0.3) is 0 Å². The molecule has 5 nitrogen and oxygen atoms in total. The Hall–Kier alpha value is -1.10. The summed E-state index contributed by atoms with van der Waals surface area (Å²) >= 11 is 0. The summed E-state index contributed by atoms with van der Waals surface area (Å²) in [5.74, 6) is -0.578. The Kier molecular flexibility index (Phi) is 4.49. The van der Waals surface area contributed by atoms with Gasteiger partial charge in [-0.05, 0) is 34.6 Å². The van der Waals surface area contributed by atoms with E-state index in [4.69, 9.17) is 0 Å². The van der Waals surface area contributed by atoms with Crippen molar-refractivity contribution < 1.29 is 14.7 Å². The van der Waals surface area contributed by atoms with Gasteiger partial charge in [-0.15, -0.1) is 0 Å². The summed E-state index contributed by atoms with van der Waals surface area (Å²) < 4.78 is 0.